The van der Waals surface area contributed by atoms with Crippen molar-refractivity contribution in [3.63, 3.8) is 0 Å². The summed E-state index contributed by atoms with van der Waals surface area (Å²) in [6, 6.07) is 10.8. The number of aromatic nitrogens is 4. The number of carbonyl (C=O) groups excluding carboxylic acids is 1. The van der Waals surface area contributed by atoms with Crippen LogP contribution in [0, 0.1) is 0 Å². The first kappa shape index (κ1) is 15.6. The van der Waals surface area contributed by atoms with E-state index in [0.29, 0.717) is 18.8 Å². The third kappa shape index (κ3) is 2.93. The number of rotatable bonds is 2. The minimum absolute atomic E-state index is 0.142. The van der Waals surface area contributed by atoms with Gasteiger partial charge < -0.3 is 9.88 Å². The highest BCUT2D eigenvalue weighted by atomic mass is 16.2. The maximum atomic E-state index is 12.7. The van der Waals surface area contributed by atoms with Crippen molar-refractivity contribution < 1.29 is 4.79 Å². The summed E-state index contributed by atoms with van der Waals surface area (Å²) in [5.74, 6) is 0.959. The summed E-state index contributed by atoms with van der Waals surface area (Å²) < 4.78 is 1.19. The quantitative estimate of drug-likeness (QED) is 0.771. The Labute approximate surface area is 144 Å². The van der Waals surface area contributed by atoms with Crippen molar-refractivity contribution in [2.24, 2.45) is 7.05 Å². The molecule has 4 rings (SSSR count). The molecule has 0 spiro atoms. The smallest absolute Gasteiger partial charge is 0.274 e. The van der Waals surface area contributed by atoms with Gasteiger partial charge in [-0.3, -0.25) is 9.59 Å². The third-order valence-corrected chi connectivity index (χ3v) is 4.68. The van der Waals surface area contributed by atoms with Crippen LogP contribution in [0.1, 0.15) is 35.1 Å². The monoisotopic (exact) mass is 337 g/mol. The first-order valence-corrected chi connectivity index (χ1v) is 8.40. The number of nitrogens with one attached hydrogen (secondary N) is 1. The van der Waals surface area contributed by atoms with Gasteiger partial charge in [-0.15, -0.1) is 0 Å². The molecule has 128 valence electrons. The van der Waals surface area contributed by atoms with Gasteiger partial charge in [0.05, 0.1) is 11.0 Å². The molecule has 0 unspecified atom stereocenters. The first-order chi connectivity index (χ1) is 12.1. The largest absolute Gasteiger partial charge is 0.342 e. The highest BCUT2D eigenvalue weighted by molar-refractivity contribution is 5.92. The molecule has 1 atom stereocenters. The maximum Gasteiger partial charge on any atom is 0.274 e. The Hall–Kier alpha value is -2.96. The van der Waals surface area contributed by atoms with Crippen molar-refractivity contribution in [2.45, 2.75) is 18.8 Å². The average molecular weight is 337 g/mol. The molecular formula is C18H19N5O2. The Morgan fingerprint density at radius 1 is 1.24 bits per heavy atom. The molecule has 1 amide bonds. The number of aryl methyl sites for hydroxylation is 1. The van der Waals surface area contributed by atoms with E-state index in [0.717, 1.165) is 29.7 Å². The Balaban J connectivity index is 1.56. The number of fused-ring (bicyclic) bond motifs is 1. The Bertz CT molecular complexity index is 957. The highest BCUT2D eigenvalue weighted by Gasteiger charge is 2.28. The molecule has 1 aromatic carbocycles. The lowest BCUT2D eigenvalue weighted by atomic mass is 9.97. The van der Waals surface area contributed by atoms with E-state index in [4.69, 9.17) is 0 Å². The zero-order chi connectivity index (χ0) is 17.4. The molecule has 2 aromatic heterocycles. The third-order valence-electron chi connectivity index (χ3n) is 4.68. The molecule has 0 saturated carbocycles. The maximum absolute atomic E-state index is 12.7. The molecule has 0 bridgehead atoms. The predicted octanol–water partition coefficient (Wildman–Crippen LogP) is 1.68. The normalized spacial score (nSPS) is 17.8. The van der Waals surface area contributed by atoms with Crippen LogP contribution in [0.5, 0.6) is 0 Å². The van der Waals surface area contributed by atoms with Crippen LogP contribution >= 0.6 is 0 Å². The van der Waals surface area contributed by atoms with Gasteiger partial charge in [0.15, 0.2) is 0 Å². The molecule has 3 heterocycles. The van der Waals surface area contributed by atoms with E-state index >= 15 is 0 Å². The number of piperidine rings is 1. The summed E-state index contributed by atoms with van der Waals surface area (Å²) in [5.41, 5.74) is 2.03. The number of aromatic amines is 1. The number of carbonyl (C=O) groups is 1. The lowest BCUT2D eigenvalue weighted by Crippen LogP contribution is -2.40. The minimum atomic E-state index is -0.227. The van der Waals surface area contributed by atoms with Crippen molar-refractivity contribution >= 4 is 16.9 Å². The molecule has 7 nitrogen and oxygen atoms in total. The van der Waals surface area contributed by atoms with Crippen molar-refractivity contribution in [3.05, 3.63) is 58.3 Å². The van der Waals surface area contributed by atoms with Gasteiger partial charge in [-0.1, -0.05) is 12.1 Å². The molecule has 1 aliphatic heterocycles. The van der Waals surface area contributed by atoms with Crippen LogP contribution in [0.25, 0.3) is 11.0 Å². The summed E-state index contributed by atoms with van der Waals surface area (Å²) in [6.07, 6.45) is 1.91. The first-order valence-electron chi connectivity index (χ1n) is 8.40. The van der Waals surface area contributed by atoms with E-state index in [9.17, 15) is 9.59 Å². The van der Waals surface area contributed by atoms with E-state index in [2.05, 4.69) is 15.1 Å². The predicted molar refractivity (Wildman–Crippen MR) is 93.5 cm³/mol. The van der Waals surface area contributed by atoms with Crippen molar-refractivity contribution in [3.8, 4) is 0 Å². The molecule has 1 N–H and O–H groups in total. The molecule has 0 aliphatic carbocycles. The topological polar surface area (TPSA) is 83.9 Å². The average Bonchev–Trinajstić information content (AvgIpc) is 3.08. The molecule has 25 heavy (non-hydrogen) atoms. The van der Waals surface area contributed by atoms with Crippen molar-refractivity contribution in [2.75, 3.05) is 13.1 Å². The number of amides is 1. The molecule has 1 saturated heterocycles. The standard InChI is InChI=1S/C18H19N5O2/c1-22-16(24)9-8-15(21-22)18(25)23-10-4-5-12(11-23)17-19-13-6-2-3-7-14(13)20-17/h2-3,6-9,12H,4-5,10-11H2,1H3,(H,19,20)/t12-/m0/s1. The number of benzene rings is 1. The summed E-state index contributed by atoms with van der Waals surface area (Å²) >= 11 is 0. The van der Waals surface area contributed by atoms with Gasteiger partial charge in [0.1, 0.15) is 11.5 Å². The number of H-pyrrole nitrogens is 1. The fraction of sp³-hybridized carbons (Fsp3) is 0.333. The second-order valence-electron chi connectivity index (χ2n) is 6.41. The van der Waals surface area contributed by atoms with Gasteiger partial charge in [0, 0.05) is 32.1 Å². The fourth-order valence-electron chi connectivity index (χ4n) is 3.33. The van der Waals surface area contributed by atoms with Gasteiger partial charge >= 0.3 is 0 Å². The SMILES string of the molecule is Cn1nc(C(=O)N2CCC[C@H](c3nc4ccccc4[nH]3)C2)ccc1=O. The van der Waals surface area contributed by atoms with Crippen LogP contribution in [0.3, 0.4) is 0 Å². The molecule has 1 aliphatic rings. The molecule has 0 radical (unpaired) electrons. The van der Waals surface area contributed by atoms with Crippen LogP contribution in [-0.2, 0) is 7.05 Å². The van der Waals surface area contributed by atoms with E-state index in [1.54, 1.807) is 11.9 Å². The van der Waals surface area contributed by atoms with Crippen LogP contribution < -0.4 is 5.56 Å². The summed E-state index contributed by atoms with van der Waals surface area (Å²) in [6.45, 7) is 1.29. The second-order valence-corrected chi connectivity index (χ2v) is 6.41. The van der Waals surface area contributed by atoms with Crippen LogP contribution in [0.4, 0.5) is 0 Å². The van der Waals surface area contributed by atoms with E-state index in [1.807, 2.05) is 24.3 Å². The number of para-hydroxylation sites is 2. The van der Waals surface area contributed by atoms with Gasteiger partial charge in [-0.2, -0.15) is 5.10 Å². The number of hydrogen-bond acceptors (Lipinski definition) is 4. The van der Waals surface area contributed by atoms with Gasteiger partial charge in [0.25, 0.3) is 11.5 Å². The zero-order valence-corrected chi connectivity index (χ0v) is 14.0. The minimum Gasteiger partial charge on any atom is -0.342 e. The fourth-order valence-corrected chi connectivity index (χ4v) is 3.33. The van der Waals surface area contributed by atoms with Crippen molar-refractivity contribution in [1.82, 2.24) is 24.6 Å². The number of hydrogen-bond donors (Lipinski definition) is 1. The van der Waals surface area contributed by atoms with Crippen LogP contribution in [0.2, 0.25) is 0 Å². The van der Waals surface area contributed by atoms with E-state index in [1.165, 1.54) is 16.8 Å². The number of nitrogens with zero attached hydrogens (tertiary/aromatic N) is 4. The highest BCUT2D eigenvalue weighted by Crippen LogP contribution is 2.27. The van der Waals surface area contributed by atoms with E-state index in [-0.39, 0.29) is 17.4 Å². The van der Waals surface area contributed by atoms with Gasteiger partial charge in [0.2, 0.25) is 0 Å². The summed E-state index contributed by atoms with van der Waals surface area (Å²) in [4.78, 5) is 34.0. The Kier molecular flexibility index (Phi) is 3.83. The number of likely N-dealkylation sites (tertiary alicyclic amines) is 1. The lowest BCUT2D eigenvalue weighted by molar-refractivity contribution is 0.0696. The molecular weight excluding hydrogens is 318 g/mol. The number of imidazole rings is 1. The second kappa shape index (κ2) is 6.16. The van der Waals surface area contributed by atoms with Gasteiger partial charge in [-0.05, 0) is 31.0 Å². The van der Waals surface area contributed by atoms with Gasteiger partial charge in [-0.25, -0.2) is 9.67 Å². The molecule has 3 aromatic rings. The van der Waals surface area contributed by atoms with Crippen LogP contribution in [0.15, 0.2) is 41.2 Å². The summed E-state index contributed by atoms with van der Waals surface area (Å²) in [7, 11) is 1.55. The Morgan fingerprint density at radius 2 is 2.08 bits per heavy atom. The zero-order valence-electron chi connectivity index (χ0n) is 14.0. The Morgan fingerprint density at radius 3 is 2.88 bits per heavy atom. The van der Waals surface area contributed by atoms with Crippen molar-refractivity contribution in [1.29, 1.82) is 0 Å². The van der Waals surface area contributed by atoms with Crippen LogP contribution in [-0.4, -0.2) is 43.6 Å². The van der Waals surface area contributed by atoms with E-state index < -0.39 is 0 Å². The lowest BCUT2D eigenvalue weighted by Gasteiger charge is -2.31. The molecule has 1 fully saturated rings. The summed E-state index contributed by atoms with van der Waals surface area (Å²) in [5, 5.41) is 4.07. The molecule has 7 heteroatoms.